The first-order valence-corrected chi connectivity index (χ1v) is 11.2. The number of thioether (sulfide) groups is 1. The van der Waals surface area contributed by atoms with Gasteiger partial charge in [-0.2, -0.15) is 4.98 Å². The largest absolute Gasteiger partial charge is 0.467 e. The molecule has 1 aliphatic heterocycles. The maximum absolute atomic E-state index is 13.8. The first kappa shape index (κ1) is 19.2. The molecule has 0 atom stereocenters. The monoisotopic (exact) mass is 416 g/mol. The molecule has 3 aromatic rings. The molecule has 0 aliphatic carbocycles. The minimum atomic E-state index is -0.322. The molecule has 1 amide bonds. The second-order valence-electron chi connectivity index (χ2n) is 6.68. The molecule has 0 spiro atoms. The number of para-hydroxylation sites is 1. The van der Waals surface area contributed by atoms with Crippen molar-refractivity contribution < 1.29 is 13.9 Å². The zero-order valence-corrected chi connectivity index (χ0v) is 17.0. The van der Waals surface area contributed by atoms with Gasteiger partial charge in [0.05, 0.1) is 4.70 Å². The van der Waals surface area contributed by atoms with E-state index in [0.29, 0.717) is 30.2 Å². The second-order valence-corrected chi connectivity index (χ2v) is 8.84. The van der Waals surface area contributed by atoms with E-state index >= 15 is 0 Å². The lowest BCUT2D eigenvalue weighted by Crippen LogP contribution is -2.41. The number of fused-ring (bicyclic) bond motifs is 1. The van der Waals surface area contributed by atoms with Crippen molar-refractivity contribution in [2.75, 3.05) is 18.8 Å². The summed E-state index contributed by atoms with van der Waals surface area (Å²) in [4.78, 5) is 19.8. The number of halogens is 1. The van der Waals surface area contributed by atoms with Crippen LogP contribution >= 0.6 is 23.1 Å². The van der Waals surface area contributed by atoms with Crippen LogP contribution in [0.1, 0.15) is 19.3 Å². The number of rotatable bonds is 6. The summed E-state index contributed by atoms with van der Waals surface area (Å²) in [7, 11) is 0. The number of carbonyl (C=O) groups is 1. The molecule has 2 heterocycles. The van der Waals surface area contributed by atoms with Crippen molar-refractivity contribution in [3.8, 4) is 5.19 Å². The zero-order valence-electron chi connectivity index (χ0n) is 15.3. The highest BCUT2D eigenvalue weighted by atomic mass is 32.2. The molecule has 1 aromatic heterocycles. The molecule has 0 bridgehead atoms. The standard InChI is InChI=1S/C21H21FN2O2S2/c22-17-7-4-8-18-20(17)23-21(28-18)26-15-9-12-24(13-10-15)19(25)11-14-27-16-5-2-1-3-6-16/h1-8,15H,9-14H2. The second kappa shape index (κ2) is 8.92. The number of ether oxygens (including phenoxy) is 1. The molecule has 2 aromatic carbocycles. The molecule has 0 saturated carbocycles. The van der Waals surface area contributed by atoms with E-state index in [9.17, 15) is 9.18 Å². The van der Waals surface area contributed by atoms with Gasteiger partial charge in [-0.05, 0) is 24.3 Å². The van der Waals surface area contributed by atoms with Gasteiger partial charge in [-0.3, -0.25) is 4.79 Å². The van der Waals surface area contributed by atoms with Crippen molar-refractivity contribution in [1.29, 1.82) is 0 Å². The van der Waals surface area contributed by atoms with Gasteiger partial charge in [-0.15, -0.1) is 11.8 Å². The van der Waals surface area contributed by atoms with E-state index in [2.05, 4.69) is 17.1 Å². The van der Waals surface area contributed by atoms with Crippen molar-refractivity contribution in [2.45, 2.75) is 30.3 Å². The maximum atomic E-state index is 13.8. The predicted octanol–water partition coefficient (Wildman–Crippen LogP) is 4.99. The Hall–Kier alpha value is -2.12. The van der Waals surface area contributed by atoms with E-state index in [-0.39, 0.29) is 17.8 Å². The molecule has 28 heavy (non-hydrogen) atoms. The first-order valence-electron chi connectivity index (χ1n) is 9.36. The number of benzene rings is 2. The van der Waals surface area contributed by atoms with Crippen molar-refractivity contribution in [3.63, 3.8) is 0 Å². The lowest BCUT2D eigenvalue weighted by atomic mass is 10.1. The van der Waals surface area contributed by atoms with Gasteiger partial charge in [-0.1, -0.05) is 35.6 Å². The molecule has 4 rings (SSSR count). The van der Waals surface area contributed by atoms with Crippen LogP contribution < -0.4 is 4.74 Å². The molecule has 7 heteroatoms. The number of amides is 1. The van der Waals surface area contributed by atoms with Crippen LogP contribution in [-0.2, 0) is 4.79 Å². The van der Waals surface area contributed by atoms with Gasteiger partial charge in [0, 0.05) is 43.0 Å². The Morgan fingerprint density at radius 2 is 1.96 bits per heavy atom. The summed E-state index contributed by atoms with van der Waals surface area (Å²) >= 11 is 3.07. The molecule has 0 unspecified atom stereocenters. The smallest absolute Gasteiger partial charge is 0.274 e. The third-order valence-electron chi connectivity index (χ3n) is 4.74. The van der Waals surface area contributed by atoms with E-state index < -0.39 is 0 Å². The SMILES string of the molecule is O=C(CCSc1ccccc1)N1CCC(Oc2nc3c(F)cccc3s2)CC1. The highest BCUT2D eigenvalue weighted by Crippen LogP contribution is 2.31. The molecule has 1 saturated heterocycles. The van der Waals surface area contributed by atoms with Crippen LogP contribution in [0.4, 0.5) is 4.39 Å². The summed E-state index contributed by atoms with van der Waals surface area (Å²) in [5, 5.41) is 0.504. The number of likely N-dealkylation sites (tertiary alicyclic amines) is 1. The Labute approximate surface area is 171 Å². The third-order valence-corrected chi connectivity index (χ3v) is 6.67. The predicted molar refractivity (Wildman–Crippen MR) is 112 cm³/mol. The van der Waals surface area contributed by atoms with Gasteiger partial charge >= 0.3 is 0 Å². The molecule has 146 valence electrons. The Kier molecular flexibility index (Phi) is 6.12. The highest BCUT2D eigenvalue weighted by molar-refractivity contribution is 7.99. The van der Waals surface area contributed by atoms with Gasteiger partial charge in [0.15, 0.2) is 0 Å². The number of piperidine rings is 1. The Morgan fingerprint density at radius 1 is 1.18 bits per heavy atom. The highest BCUT2D eigenvalue weighted by Gasteiger charge is 2.24. The normalized spacial score (nSPS) is 15.1. The van der Waals surface area contributed by atoms with E-state index in [4.69, 9.17) is 4.74 Å². The van der Waals surface area contributed by atoms with Crippen molar-refractivity contribution in [1.82, 2.24) is 9.88 Å². The average Bonchev–Trinajstić information content (AvgIpc) is 3.13. The maximum Gasteiger partial charge on any atom is 0.274 e. The molecule has 1 fully saturated rings. The van der Waals surface area contributed by atoms with Crippen LogP contribution in [0.5, 0.6) is 5.19 Å². The number of nitrogens with zero attached hydrogens (tertiary/aromatic N) is 2. The summed E-state index contributed by atoms with van der Waals surface area (Å²) in [6.45, 7) is 1.39. The molecular weight excluding hydrogens is 395 g/mol. The zero-order chi connectivity index (χ0) is 19.3. The van der Waals surface area contributed by atoms with E-state index in [0.717, 1.165) is 23.3 Å². The number of thiazole rings is 1. The van der Waals surface area contributed by atoms with Gasteiger partial charge in [0.1, 0.15) is 17.4 Å². The van der Waals surface area contributed by atoms with Gasteiger partial charge in [0.2, 0.25) is 5.91 Å². The van der Waals surface area contributed by atoms with Crippen molar-refractivity contribution in [3.05, 3.63) is 54.3 Å². The lowest BCUT2D eigenvalue weighted by Gasteiger charge is -2.31. The van der Waals surface area contributed by atoms with Crippen LogP contribution in [0.25, 0.3) is 10.2 Å². The summed E-state index contributed by atoms with van der Waals surface area (Å²) in [5.41, 5.74) is 0.367. The molecule has 1 aliphatic rings. The van der Waals surface area contributed by atoms with Crippen molar-refractivity contribution in [2.24, 2.45) is 0 Å². The lowest BCUT2D eigenvalue weighted by molar-refractivity contribution is -0.132. The van der Waals surface area contributed by atoms with Gasteiger partial charge in [0.25, 0.3) is 5.19 Å². The summed E-state index contributed by atoms with van der Waals surface area (Å²) in [6, 6.07) is 15.1. The number of carbonyl (C=O) groups excluding carboxylic acids is 1. The Bertz CT molecular complexity index is 940. The van der Waals surface area contributed by atoms with Crippen LogP contribution in [0.3, 0.4) is 0 Å². The number of hydrogen-bond donors (Lipinski definition) is 0. The Balaban J connectivity index is 1.23. The average molecular weight is 417 g/mol. The summed E-state index contributed by atoms with van der Waals surface area (Å²) in [5.74, 6) is 0.664. The topological polar surface area (TPSA) is 42.4 Å². The fourth-order valence-corrected chi connectivity index (χ4v) is 5.00. The van der Waals surface area contributed by atoms with Crippen LogP contribution in [0.2, 0.25) is 0 Å². The Morgan fingerprint density at radius 3 is 2.71 bits per heavy atom. The van der Waals surface area contributed by atoms with E-state index in [1.807, 2.05) is 29.2 Å². The molecular formula is C21H21FN2O2S2. The van der Waals surface area contributed by atoms with Crippen LogP contribution in [0, 0.1) is 5.82 Å². The van der Waals surface area contributed by atoms with Crippen LogP contribution in [-0.4, -0.2) is 40.7 Å². The molecule has 4 nitrogen and oxygen atoms in total. The molecule has 0 N–H and O–H groups in total. The summed E-state index contributed by atoms with van der Waals surface area (Å²) in [6.07, 6.45) is 2.11. The minimum Gasteiger partial charge on any atom is -0.467 e. The molecule has 0 radical (unpaired) electrons. The van der Waals surface area contributed by atoms with Gasteiger partial charge in [-0.25, -0.2) is 4.39 Å². The number of aromatic nitrogens is 1. The third kappa shape index (κ3) is 4.64. The quantitative estimate of drug-likeness (QED) is 0.531. The van der Waals surface area contributed by atoms with Crippen molar-refractivity contribution >= 4 is 39.2 Å². The van der Waals surface area contributed by atoms with E-state index in [1.165, 1.54) is 22.3 Å². The fraction of sp³-hybridized carbons (Fsp3) is 0.333. The van der Waals surface area contributed by atoms with Gasteiger partial charge < -0.3 is 9.64 Å². The van der Waals surface area contributed by atoms with Crippen LogP contribution in [0.15, 0.2) is 53.4 Å². The first-order chi connectivity index (χ1) is 13.7. The minimum absolute atomic E-state index is 0.0198. The number of hydrogen-bond acceptors (Lipinski definition) is 5. The van der Waals surface area contributed by atoms with E-state index in [1.54, 1.807) is 17.8 Å². The fourth-order valence-electron chi connectivity index (χ4n) is 3.24. The summed E-state index contributed by atoms with van der Waals surface area (Å²) < 4.78 is 20.5.